The van der Waals surface area contributed by atoms with Crippen molar-refractivity contribution in [2.45, 2.75) is 71.2 Å². The summed E-state index contributed by atoms with van der Waals surface area (Å²) >= 11 is 0. The molecule has 1 N–H and O–H groups in total. The normalized spacial score (nSPS) is 15.0. The Kier molecular flexibility index (Phi) is 7.34. The van der Waals surface area contributed by atoms with Crippen molar-refractivity contribution in [3.8, 4) is 0 Å². The predicted molar refractivity (Wildman–Crippen MR) is 117 cm³/mol. The minimum atomic E-state index is -0.705. The Morgan fingerprint density at radius 2 is 1.63 bits per heavy atom. The molecule has 2 aromatic heterocycles. The fourth-order valence-corrected chi connectivity index (χ4v) is 4.34. The Morgan fingerprint density at radius 1 is 0.967 bits per heavy atom. The number of hydrogen-bond donors (Lipinski definition) is 1. The monoisotopic (exact) mass is 408 g/mol. The molecule has 6 nitrogen and oxygen atoms in total. The van der Waals surface area contributed by atoms with Crippen molar-refractivity contribution in [1.82, 2.24) is 20.0 Å². The Bertz CT molecular complexity index is 888. The van der Waals surface area contributed by atoms with Gasteiger partial charge in [-0.05, 0) is 51.8 Å². The fourth-order valence-electron chi connectivity index (χ4n) is 4.34. The van der Waals surface area contributed by atoms with Crippen LogP contribution in [0, 0.1) is 6.92 Å². The second-order valence-corrected chi connectivity index (χ2v) is 8.32. The standard InChI is InChI=1S/C24H32N4O2/c1-16(2)28(17(3)4)24(29)23(20-12-9-13-25-15-20)21(19-10-7-6-8-11-19)14-22-26-18(5)27-30-22/h6-13,15-17,21,23-24,29H,14H2,1-5H3. The molecular formula is C24H32N4O2. The van der Waals surface area contributed by atoms with Crippen LogP contribution in [0.2, 0.25) is 0 Å². The minimum absolute atomic E-state index is 0.0646. The summed E-state index contributed by atoms with van der Waals surface area (Å²) < 4.78 is 5.47. The van der Waals surface area contributed by atoms with E-state index >= 15 is 0 Å². The van der Waals surface area contributed by atoms with Gasteiger partial charge in [0.2, 0.25) is 5.89 Å². The molecule has 6 heteroatoms. The van der Waals surface area contributed by atoms with Crippen molar-refractivity contribution < 1.29 is 9.63 Å². The molecule has 2 heterocycles. The maximum absolute atomic E-state index is 11.7. The highest BCUT2D eigenvalue weighted by Crippen LogP contribution is 2.39. The van der Waals surface area contributed by atoms with Crippen molar-refractivity contribution in [1.29, 1.82) is 0 Å². The summed E-state index contributed by atoms with van der Waals surface area (Å²) in [5.74, 6) is 0.896. The molecule has 0 amide bonds. The van der Waals surface area contributed by atoms with Crippen LogP contribution in [-0.4, -0.2) is 43.4 Å². The van der Waals surface area contributed by atoms with E-state index in [9.17, 15) is 5.11 Å². The number of aliphatic hydroxyl groups excluding tert-OH is 1. The Balaban J connectivity index is 2.10. The molecular weight excluding hydrogens is 376 g/mol. The molecule has 3 aromatic rings. The van der Waals surface area contributed by atoms with Gasteiger partial charge in [-0.2, -0.15) is 4.98 Å². The van der Waals surface area contributed by atoms with E-state index in [1.54, 1.807) is 6.20 Å². The average molecular weight is 409 g/mol. The highest BCUT2D eigenvalue weighted by molar-refractivity contribution is 5.29. The molecule has 0 aliphatic rings. The quantitative estimate of drug-likeness (QED) is 0.532. The first-order chi connectivity index (χ1) is 14.4. The van der Waals surface area contributed by atoms with E-state index in [-0.39, 0.29) is 23.9 Å². The van der Waals surface area contributed by atoms with Gasteiger partial charge >= 0.3 is 0 Å². The van der Waals surface area contributed by atoms with E-state index in [1.807, 2.05) is 43.5 Å². The molecule has 3 unspecified atom stereocenters. The third-order valence-electron chi connectivity index (χ3n) is 5.51. The third kappa shape index (κ3) is 5.12. The lowest BCUT2D eigenvalue weighted by atomic mass is 9.78. The lowest BCUT2D eigenvalue weighted by Crippen LogP contribution is -2.49. The second kappa shape index (κ2) is 9.96. The first-order valence-corrected chi connectivity index (χ1v) is 10.6. The molecule has 0 radical (unpaired) electrons. The molecule has 0 saturated heterocycles. The van der Waals surface area contributed by atoms with Crippen LogP contribution in [-0.2, 0) is 6.42 Å². The minimum Gasteiger partial charge on any atom is -0.378 e. The van der Waals surface area contributed by atoms with Crippen LogP contribution in [0.3, 0.4) is 0 Å². The zero-order valence-electron chi connectivity index (χ0n) is 18.4. The van der Waals surface area contributed by atoms with Crippen molar-refractivity contribution in [2.24, 2.45) is 0 Å². The number of aryl methyl sites for hydroxylation is 1. The van der Waals surface area contributed by atoms with Gasteiger partial charge in [0.1, 0.15) is 6.23 Å². The summed E-state index contributed by atoms with van der Waals surface area (Å²) in [7, 11) is 0. The highest BCUT2D eigenvalue weighted by Gasteiger charge is 2.37. The van der Waals surface area contributed by atoms with Gasteiger partial charge in [-0.25, -0.2) is 0 Å². The molecule has 0 spiro atoms. The number of nitrogens with zero attached hydrogens (tertiary/aromatic N) is 4. The Labute approximate surface area is 179 Å². The van der Waals surface area contributed by atoms with Gasteiger partial charge in [0.05, 0.1) is 0 Å². The smallest absolute Gasteiger partial charge is 0.227 e. The lowest BCUT2D eigenvalue weighted by molar-refractivity contribution is -0.0599. The van der Waals surface area contributed by atoms with E-state index in [1.165, 1.54) is 0 Å². The largest absolute Gasteiger partial charge is 0.378 e. The maximum Gasteiger partial charge on any atom is 0.227 e. The van der Waals surface area contributed by atoms with Gasteiger partial charge in [0.25, 0.3) is 0 Å². The molecule has 0 aliphatic carbocycles. The first-order valence-electron chi connectivity index (χ1n) is 10.6. The fraction of sp³-hybridized carbons (Fsp3) is 0.458. The van der Waals surface area contributed by atoms with Gasteiger partial charge < -0.3 is 9.63 Å². The summed E-state index contributed by atoms with van der Waals surface area (Å²) in [5.41, 5.74) is 2.11. The molecule has 0 fully saturated rings. The third-order valence-corrected chi connectivity index (χ3v) is 5.51. The average Bonchev–Trinajstić information content (AvgIpc) is 3.13. The SMILES string of the molecule is Cc1noc(CC(c2ccccc2)C(c2cccnc2)C(O)N(C(C)C)C(C)C)n1. The van der Waals surface area contributed by atoms with Crippen LogP contribution >= 0.6 is 0 Å². The zero-order chi connectivity index (χ0) is 21.7. The van der Waals surface area contributed by atoms with Gasteiger partial charge in [-0.15, -0.1) is 0 Å². The van der Waals surface area contributed by atoms with E-state index in [0.717, 1.165) is 11.1 Å². The van der Waals surface area contributed by atoms with E-state index in [2.05, 4.69) is 59.9 Å². The summed E-state index contributed by atoms with van der Waals surface area (Å²) in [5, 5.41) is 15.7. The molecule has 0 aliphatic heterocycles. The maximum atomic E-state index is 11.7. The molecule has 30 heavy (non-hydrogen) atoms. The van der Waals surface area contributed by atoms with Crippen LogP contribution in [0.25, 0.3) is 0 Å². The second-order valence-electron chi connectivity index (χ2n) is 8.32. The number of aliphatic hydroxyl groups is 1. The summed E-state index contributed by atoms with van der Waals surface area (Å²) in [6.07, 6.45) is 3.44. The first kappa shape index (κ1) is 22.1. The van der Waals surface area contributed by atoms with Crippen molar-refractivity contribution >= 4 is 0 Å². The van der Waals surface area contributed by atoms with Crippen molar-refractivity contribution in [3.05, 3.63) is 77.7 Å². The van der Waals surface area contributed by atoms with E-state index < -0.39 is 6.23 Å². The number of rotatable bonds is 9. The van der Waals surface area contributed by atoms with Crippen molar-refractivity contribution in [2.75, 3.05) is 0 Å². The number of pyridine rings is 1. The molecule has 1 aromatic carbocycles. The number of benzene rings is 1. The van der Waals surface area contributed by atoms with Crippen molar-refractivity contribution in [3.63, 3.8) is 0 Å². The van der Waals surface area contributed by atoms with Crippen LogP contribution in [0.4, 0.5) is 0 Å². The zero-order valence-corrected chi connectivity index (χ0v) is 18.4. The summed E-state index contributed by atoms with van der Waals surface area (Å²) in [4.78, 5) is 10.9. The number of aromatic nitrogens is 3. The van der Waals surface area contributed by atoms with Gasteiger partial charge in [-0.1, -0.05) is 41.6 Å². The number of hydrogen-bond acceptors (Lipinski definition) is 6. The van der Waals surface area contributed by atoms with Gasteiger partial charge in [-0.3, -0.25) is 9.88 Å². The van der Waals surface area contributed by atoms with Gasteiger partial charge in [0.15, 0.2) is 5.82 Å². The molecule has 0 saturated carbocycles. The van der Waals surface area contributed by atoms with E-state index in [0.29, 0.717) is 18.1 Å². The predicted octanol–water partition coefficient (Wildman–Crippen LogP) is 4.32. The van der Waals surface area contributed by atoms with Crippen LogP contribution in [0.1, 0.15) is 62.4 Å². The molecule has 3 atom stereocenters. The van der Waals surface area contributed by atoms with Crippen LogP contribution in [0.5, 0.6) is 0 Å². The Hall–Kier alpha value is -2.57. The summed E-state index contributed by atoms with van der Waals surface area (Å²) in [6, 6.07) is 14.6. The molecule has 0 bridgehead atoms. The lowest BCUT2D eigenvalue weighted by Gasteiger charge is -2.41. The topological polar surface area (TPSA) is 75.3 Å². The Morgan fingerprint density at radius 3 is 2.17 bits per heavy atom. The highest BCUT2D eigenvalue weighted by atomic mass is 16.5. The van der Waals surface area contributed by atoms with Crippen LogP contribution < -0.4 is 0 Å². The van der Waals surface area contributed by atoms with Crippen LogP contribution in [0.15, 0.2) is 59.4 Å². The molecule has 160 valence electrons. The van der Waals surface area contributed by atoms with Gasteiger partial charge in [0, 0.05) is 42.7 Å². The molecule has 3 rings (SSSR count). The summed E-state index contributed by atoms with van der Waals surface area (Å²) in [6.45, 7) is 10.3. The van der Waals surface area contributed by atoms with E-state index in [4.69, 9.17) is 4.52 Å².